The third kappa shape index (κ3) is 6.45. The van der Waals surface area contributed by atoms with Gasteiger partial charge < -0.3 is 14.6 Å². The van der Waals surface area contributed by atoms with Crippen molar-refractivity contribution >= 4 is 17.5 Å². The zero-order chi connectivity index (χ0) is 32.0. The van der Waals surface area contributed by atoms with E-state index in [2.05, 4.69) is 6.58 Å². The number of carbonyl (C=O) groups is 3. The van der Waals surface area contributed by atoms with Gasteiger partial charge in [-0.1, -0.05) is 110 Å². The van der Waals surface area contributed by atoms with E-state index in [1.54, 1.807) is 66.7 Å². The van der Waals surface area contributed by atoms with E-state index < -0.39 is 11.6 Å². The van der Waals surface area contributed by atoms with Crippen molar-refractivity contribution in [1.82, 2.24) is 0 Å². The molecule has 0 aromatic heterocycles. The van der Waals surface area contributed by atoms with Crippen molar-refractivity contribution in [3.63, 3.8) is 0 Å². The third-order valence-electron chi connectivity index (χ3n) is 7.56. The first kappa shape index (κ1) is 30.7. The number of hydrogen-bond acceptors (Lipinski definition) is 5. The maximum Gasteiger partial charge on any atom is 0.357 e. The lowest BCUT2D eigenvalue weighted by atomic mass is 9.84. The van der Waals surface area contributed by atoms with Crippen LogP contribution in [-0.2, 0) is 10.4 Å². The minimum atomic E-state index is -1.97. The SMILES string of the molecule is C=CCOc1ccccc1OC(C(=O)O)(c1ccc(-c2cccc(C(C)=O)c2)cc1)c1ccc(-c2cccc(C(C)=O)c2)cc1. The van der Waals surface area contributed by atoms with Gasteiger partial charge in [0.2, 0.25) is 0 Å². The second-order valence-electron chi connectivity index (χ2n) is 10.6. The molecule has 0 atom stereocenters. The van der Waals surface area contributed by atoms with Gasteiger partial charge in [0.15, 0.2) is 23.1 Å². The van der Waals surface area contributed by atoms with Crippen molar-refractivity contribution in [3.05, 3.63) is 156 Å². The van der Waals surface area contributed by atoms with Crippen molar-refractivity contribution in [1.29, 1.82) is 0 Å². The monoisotopic (exact) mass is 596 g/mol. The van der Waals surface area contributed by atoms with Crippen LogP contribution in [0, 0.1) is 0 Å². The molecule has 0 amide bonds. The number of ketones is 2. The van der Waals surface area contributed by atoms with Crippen LogP contribution in [0.5, 0.6) is 11.5 Å². The van der Waals surface area contributed by atoms with Crippen LogP contribution in [0.2, 0.25) is 0 Å². The minimum Gasteiger partial charge on any atom is -0.486 e. The second kappa shape index (κ2) is 13.3. The number of ether oxygens (including phenoxy) is 2. The van der Waals surface area contributed by atoms with Gasteiger partial charge in [-0.3, -0.25) is 9.59 Å². The van der Waals surface area contributed by atoms with E-state index in [0.717, 1.165) is 22.3 Å². The van der Waals surface area contributed by atoms with Crippen LogP contribution in [0.25, 0.3) is 22.3 Å². The second-order valence-corrected chi connectivity index (χ2v) is 10.6. The first-order valence-corrected chi connectivity index (χ1v) is 14.4. The van der Waals surface area contributed by atoms with Crippen LogP contribution >= 0.6 is 0 Å². The van der Waals surface area contributed by atoms with Crippen LogP contribution in [0.4, 0.5) is 0 Å². The van der Waals surface area contributed by atoms with Crippen molar-refractivity contribution in [2.24, 2.45) is 0 Å². The first-order valence-electron chi connectivity index (χ1n) is 14.4. The quantitative estimate of drug-likeness (QED) is 0.115. The molecular formula is C39H32O6. The average molecular weight is 597 g/mol. The molecule has 6 heteroatoms. The standard InChI is InChI=1S/C39H32O6/c1-4-23-44-36-13-5-6-14-37(36)45-39(38(42)43,34-19-15-28(16-20-34)32-11-7-9-30(24-32)26(2)40)35-21-17-29(18-22-35)33-12-8-10-31(25-33)27(3)41/h4-22,24-25H,1,23H2,2-3H3,(H,42,43). The van der Waals surface area contributed by atoms with E-state index in [1.165, 1.54) is 13.8 Å². The highest BCUT2D eigenvalue weighted by atomic mass is 16.6. The van der Waals surface area contributed by atoms with E-state index >= 15 is 0 Å². The Bertz CT molecular complexity index is 1770. The predicted octanol–water partition coefficient (Wildman–Crippen LogP) is 8.40. The molecule has 5 rings (SSSR count). The summed E-state index contributed by atoms with van der Waals surface area (Å²) in [5.41, 5.74) is 3.26. The molecule has 0 unspecified atom stereocenters. The third-order valence-corrected chi connectivity index (χ3v) is 7.56. The van der Waals surface area contributed by atoms with Gasteiger partial charge in [0.25, 0.3) is 5.60 Å². The highest BCUT2D eigenvalue weighted by molar-refractivity contribution is 5.96. The van der Waals surface area contributed by atoms with Gasteiger partial charge in [-0.2, -0.15) is 0 Å². The van der Waals surface area contributed by atoms with Crippen molar-refractivity contribution < 1.29 is 29.0 Å². The number of aliphatic carboxylic acids is 1. The molecule has 1 N–H and O–H groups in total. The van der Waals surface area contributed by atoms with E-state index in [-0.39, 0.29) is 23.9 Å². The summed E-state index contributed by atoms with van der Waals surface area (Å²) in [5.74, 6) is -0.684. The van der Waals surface area contributed by atoms with Gasteiger partial charge in [-0.15, -0.1) is 0 Å². The number of para-hydroxylation sites is 2. The molecule has 5 aromatic carbocycles. The molecule has 0 saturated carbocycles. The summed E-state index contributed by atoms with van der Waals surface area (Å²) in [5, 5.41) is 11.0. The maximum absolute atomic E-state index is 13.4. The Morgan fingerprint density at radius 2 is 1.11 bits per heavy atom. The number of carbonyl (C=O) groups excluding carboxylic acids is 2. The fourth-order valence-corrected chi connectivity index (χ4v) is 5.17. The highest BCUT2D eigenvalue weighted by Gasteiger charge is 2.46. The first-order chi connectivity index (χ1) is 21.7. The molecule has 0 aliphatic heterocycles. The fraction of sp³-hybridized carbons (Fsp3) is 0.103. The van der Waals surface area contributed by atoms with Crippen LogP contribution in [-0.4, -0.2) is 29.2 Å². The molecule has 224 valence electrons. The van der Waals surface area contributed by atoms with Crippen molar-refractivity contribution in [3.8, 4) is 33.8 Å². The summed E-state index contributed by atoms with van der Waals surface area (Å²) >= 11 is 0. The Labute approximate surface area is 262 Å². The lowest BCUT2D eigenvalue weighted by Gasteiger charge is -2.32. The Balaban J connectivity index is 1.63. The maximum atomic E-state index is 13.4. The van der Waals surface area contributed by atoms with Gasteiger partial charge in [0, 0.05) is 22.3 Å². The van der Waals surface area contributed by atoms with Gasteiger partial charge in [-0.05, 0) is 60.4 Å². The van der Waals surface area contributed by atoms with Crippen LogP contribution < -0.4 is 9.47 Å². The highest BCUT2D eigenvalue weighted by Crippen LogP contribution is 2.41. The number of Topliss-reactive ketones (excluding diaryl/α,β-unsaturated/α-hetero) is 2. The number of carboxylic acid groups (broad SMARTS) is 1. The summed E-state index contributed by atoms with van der Waals surface area (Å²) in [6, 6.07) is 35.6. The normalized spacial score (nSPS) is 11.0. The molecule has 0 bridgehead atoms. The van der Waals surface area contributed by atoms with Crippen molar-refractivity contribution in [2.75, 3.05) is 6.61 Å². The average Bonchev–Trinajstić information content (AvgIpc) is 3.07. The van der Waals surface area contributed by atoms with E-state index in [1.807, 2.05) is 60.7 Å². The Kier molecular flexibility index (Phi) is 9.05. The Hall–Kier alpha value is -5.75. The van der Waals surface area contributed by atoms with Gasteiger partial charge >= 0.3 is 5.97 Å². The number of benzene rings is 5. The number of rotatable bonds is 12. The lowest BCUT2D eigenvalue weighted by molar-refractivity contribution is -0.152. The molecule has 0 aliphatic carbocycles. The van der Waals surface area contributed by atoms with Crippen LogP contribution in [0.15, 0.2) is 134 Å². The van der Waals surface area contributed by atoms with Gasteiger partial charge in [0.05, 0.1) is 0 Å². The largest absolute Gasteiger partial charge is 0.486 e. The van der Waals surface area contributed by atoms with E-state index in [0.29, 0.717) is 28.0 Å². The fourth-order valence-electron chi connectivity index (χ4n) is 5.17. The predicted molar refractivity (Wildman–Crippen MR) is 175 cm³/mol. The van der Waals surface area contributed by atoms with E-state index in [4.69, 9.17) is 9.47 Å². The Morgan fingerprint density at radius 1 is 0.644 bits per heavy atom. The lowest BCUT2D eigenvalue weighted by Crippen LogP contribution is -2.43. The zero-order valence-corrected chi connectivity index (χ0v) is 25.0. The molecule has 0 saturated heterocycles. The summed E-state index contributed by atoms with van der Waals surface area (Å²) in [6.45, 7) is 6.95. The number of hydrogen-bond donors (Lipinski definition) is 1. The zero-order valence-electron chi connectivity index (χ0n) is 25.0. The summed E-state index contributed by atoms with van der Waals surface area (Å²) in [4.78, 5) is 37.4. The molecule has 0 fully saturated rings. The molecule has 0 aliphatic rings. The van der Waals surface area contributed by atoms with Gasteiger partial charge in [-0.25, -0.2) is 4.79 Å². The van der Waals surface area contributed by atoms with Crippen LogP contribution in [0.3, 0.4) is 0 Å². The van der Waals surface area contributed by atoms with E-state index in [9.17, 15) is 19.5 Å². The van der Waals surface area contributed by atoms with Gasteiger partial charge in [0.1, 0.15) is 6.61 Å². The molecule has 45 heavy (non-hydrogen) atoms. The van der Waals surface area contributed by atoms with Crippen molar-refractivity contribution in [2.45, 2.75) is 19.4 Å². The molecule has 0 radical (unpaired) electrons. The molecule has 0 heterocycles. The molecule has 6 nitrogen and oxygen atoms in total. The molecule has 5 aromatic rings. The molecule has 0 spiro atoms. The smallest absolute Gasteiger partial charge is 0.357 e. The number of carboxylic acids is 1. The summed E-state index contributed by atoms with van der Waals surface area (Å²) in [6.07, 6.45) is 1.60. The van der Waals surface area contributed by atoms with Crippen LogP contribution in [0.1, 0.15) is 45.7 Å². The topological polar surface area (TPSA) is 89.9 Å². The molecular weight excluding hydrogens is 564 g/mol. The minimum absolute atomic E-state index is 0.0411. The summed E-state index contributed by atoms with van der Waals surface area (Å²) in [7, 11) is 0. The summed E-state index contributed by atoms with van der Waals surface area (Å²) < 4.78 is 12.3. The Morgan fingerprint density at radius 3 is 1.53 bits per heavy atom.